The number of anilines is 4. The number of aromatic nitrogens is 4. The largest absolute Gasteiger partial charge is 0.476 e. The number of carboxylic acid groups (broad SMARTS) is 1. The van der Waals surface area contributed by atoms with E-state index < -0.39 is 5.97 Å². The van der Waals surface area contributed by atoms with E-state index in [0.29, 0.717) is 35.2 Å². The van der Waals surface area contributed by atoms with Crippen molar-refractivity contribution >= 4 is 61.9 Å². The van der Waals surface area contributed by atoms with Crippen LogP contribution in [0.1, 0.15) is 93.8 Å². The van der Waals surface area contributed by atoms with Crippen LogP contribution in [0, 0.1) is 28.6 Å². The van der Waals surface area contributed by atoms with Gasteiger partial charge in [-0.05, 0) is 131 Å². The maximum absolute atomic E-state index is 12.7. The number of nitrogens with one attached hydrogen (secondary N) is 3. The number of aliphatic hydroxyl groups excluding tert-OH is 1. The topological polar surface area (TPSA) is 173 Å². The molecule has 8 rings (SSSR count). The van der Waals surface area contributed by atoms with Crippen LogP contribution < -0.4 is 15.5 Å². The number of nitrogens with zero attached hydrogens (tertiary/aromatic N) is 6. The molecule has 3 heterocycles. The molecule has 5 N–H and O–H groups in total. The maximum Gasteiger partial charge on any atom is 0.355 e. The van der Waals surface area contributed by atoms with Crippen molar-refractivity contribution in [1.29, 1.82) is 5.41 Å². The van der Waals surface area contributed by atoms with Gasteiger partial charge in [0.05, 0.1) is 22.4 Å². The van der Waals surface area contributed by atoms with Gasteiger partial charge in [-0.1, -0.05) is 37.3 Å². The van der Waals surface area contributed by atoms with E-state index in [9.17, 15) is 9.90 Å². The van der Waals surface area contributed by atoms with Crippen LogP contribution in [0.3, 0.4) is 0 Å². The second-order valence-electron chi connectivity index (χ2n) is 17.8. The average Bonchev–Trinajstić information content (AvgIpc) is 3.56. The van der Waals surface area contributed by atoms with Gasteiger partial charge in [0.2, 0.25) is 0 Å². The zero-order valence-electron chi connectivity index (χ0n) is 34.1. The first-order valence-electron chi connectivity index (χ1n) is 20.0. The summed E-state index contributed by atoms with van der Waals surface area (Å²) in [5.41, 5.74) is 3.49. The smallest absolute Gasteiger partial charge is 0.355 e. The number of aryl methyl sites for hydroxylation is 1. The van der Waals surface area contributed by atoms with Crippen LogP contribution in [0.5, 0.6) is 0 Å². The molecule has 4 fully saturated rings. The second kappa shape index (κ2) is 16.0. The van der Waals surface area contributed by atoms with Gasteiger partial charge in [0, 0.05) is 49.8 Å². The van der Waals surface area contributed by atoms with Crippen LogP contribution in [0.2, 0.25) is 0 Å². The number of thiazole rings is 1. The molecule has 4 aromatic rings. The summed E-state index contributed by atoms with van der Waals surface area (Å²) in [4.78, 5) is 26.0. The summed E-state index contributed by atoms with van der Waals surface area (Å²) < 4.78 is 7.99. The third-order valence-corrected chi connectivity index (χ3v) is 13.3. The molecule has 57 heavy (non-hydrogen) atoms. The minimum atomic E-state index is -1.18. The minimum absolute atomic E-state index is 0.0265. The van der Waals surface area contributed by atoms with Gasteiger partial charge >= 0.3 is 5.97 Å². The van der Waals surface area contributed by atoms with E-state index in [1.54, 1.807) is 24.1 Å². The summed E-state index contributed by atoms with van der Waals surface area (Å²) in [5.74, 6) is 0.302. The number of benzene rings is 1. The van der Waals surface area contributed by atoms with E-state index in [1.165, 1.54) is 24.0 Å². The summed E-state index contributed by atoms with van der Waals surface area (Å²) in [7, 11) is 3.90. The van der Waals surface area contributed by atoms with E-state index in [2.05, 4.69) is 56.6 Å². The average molecular weight is 796 g/mol. The lowest BCUT2D eigenvalue weighted by Crippen LogP contribution is -2.65. The van der Waals surface area contributed by atoms with Gasteiger partial charge in [-0.3, -0.25) is 0 Å². The number of para-hydroxylation sites is 1. The summed E-state index contributed by atoms with van der Waals surface area (Å²) in [6.07, 6.45) is 9.62. The molecule has 0 spiro atoms. The Labute approximate surface area is 339 Å². The molecule has 3 aromatic heterocycles. The molecule has 14 heteroatoms. The molecule has 0 amide bonds. The highest BCUT2D eigenvalue weighted by molar-refractivity contribution is 7.22. The van der Waals surface area contributed by atoms with Crippen molar-refractivity contribution in [2.24, 2.45) is 16.2 Å². The molecule has 0 saturated heterocycles. The van der Waals surface area contributed by atoms with Crippen LogP contribution in [-0.2, 0) is 4.74 Å². The molecule has 1 aromatic carbocycles. The number of aromatic carboxylic acids is 1. The maximum atomic E-state index is 12.7. The van der Waals surface area contributed by atoms with E-state index >= 15 is 0 Å². The Morgan fingerprint density at radius 1 is 0.982 bits per heavy atom. The molecule has 4 aliphatic rings. The van der Waals surface area contributed by atoms with E-state index in [1.807, 2.05) is 44.2 Å². The number of unbranched alkanes of at least 4 members (excludes halogenated alkanes) is 1. The highest BCUT2D eigenvalue weighted by atomic mass is 32.1. The first-order chi connectivity index (χ1) is 27.2. The molecule has 4 bridgehead atoms. The van der Waals surface area contributed by atoms with Crippen LogP contribution >= 0.6 is 11.3 Å². The molecule has 304 valence electrons. The van der Waals surface area contributed by atoms with Gasteiger partial charge < -0.3 is 40.8 Å². The summed E-state index contributed by atoms with van der Waals surface area (Å²) >= 11 is 1.54. The molecule has 0 radical (unpaired) electrons. The van der Waals surface area contributed by atoms with Crippen molar-refractivity contribution in [2.75, 3.05) is 57.2 Å². The van der Waals surface area contributed by atoms with Gasteiger partial charge in [-0.2, -0.15) is 0 Å². The molecule has 4 aliphatic carbocycles. The summed E-state index contributed by atoms with van der Waals surface area (Å²) in [5, 5.41) is 44.5. The number of carbonyl (C=O) groups is 1. The second-order valence-corrected chi connectivity index (χ2v) is 18.8. The molecular weight excluding hydrogens is 739 g/mol. The molecule has 2 unspecified atom stereocenters. The molecule has 4 saturated carbocycles. The SMILES string of the molecule is C/C(NCC12CC3(C)CC(C)(C1)CC(OCCN(C)CCCCO)(C3)C2)=C(/C=N)c1ccc(N(C)c2cc(C)c(Nc3nc4ccccc4s3)nn2)nc1C(=O)O. The molecular formula is C43H57N9O4S. The number of aliphatic hydroxyl groups is 1. The van der Waals surface area contributed by atoms with Gasteiger partial charge in [-0.25, -0.2) is 14.8 Å². The monoisotopic (exact) mass is 795 g/mol. The fourth-order valence-electron chi connectivity index (χ4n) is 10.9. The van der Waals surface area contributed by atoms with Gasteiger partial charge in [0.1, 0.15) is 5.82 Å². The Hall–Kier alpha value is -4.50. The van der Waals surface area contributed by atoms with Gasteiger partial charge in [0.15, 0.2) is 22.5 Å². The number of ether oxygens (including phenoxy) is 1. The predicted octanol–water partition coefficient (Wildman–Crippen LogP) is 7.81. The highest BCUT2D eigenvalue weighted by Gasteiger charge is 2.66. The number of carboxylic acids is 1. The fraction of sp³-hybridized carbons (Fsp3) is 0.535. The van der Waals surface area contributed by atoms with Crippen LogP contribution in [0.15, 0.2) is 48.2 Å². The third-order valence-electron chi connectivity index (χ3n) is 12.3. The highest BCUT2D eigenvalue weighted by Crippen LogP contribution is 2.71. The molecule has 2 atom stereocenters. The Morgan fingerprint density at radius 3 is 2.42 bits per heavy atom. The number of hydrogen-bond acceptors (Lipinski definition) is 13. The normalized spacial score (nSPS) is 25.5. The minimum Gasteiger partial charge on any atom is -0.476 e. The number of fused-ring (bicyclic) bond motifs is 1. The summed E-state index contributed by atoms with van der Waals surface area (Å²) in [6.45, 7) is 12.2. The van der Waals surface area contributed by atoms with Crippen LogP contribution in [-0.4, -0.2) is 100 Å². The van der Waals surface area contributed by atoms with Crippen LogP contribution in [0.4, 0.5) is 22.6 Å². The summed E-state index contributed by atoms with van der Waals surface area (Å²) in [6, 6.07) is 13.3. The number of likely N-dealkylation sites (N-methyl/N-ethyl adjacent to an activating group) is 1. The van der Waals surface area contributed by atoms with Crippen molar-refractivity contribution in [3.63, 3.8) is 0 Å². The first kappa shape index (κ1) is 40.7. The first-order valence-corrected chi connectivity index (χ1v) is 20.8. The number of hydrogen-bond donors (Lipinski definition) is 5. The third kappa shape index (κ3) is 8.69. The quantitative estimate of drug-likeness (QED) is 0.0489. The molecule has 13 nitrogen and oxygen atoms in total. The van der Waals surface area contributed by atoms with Gasteiger partial charge in [0.25, 0.3) is 0 Å². The van der Waals surface area contributed by atoms with Gasteiger partial charge in [-0.15, -0.1) is 10.2 Å². The lowest BCUT2D eigenvalue weighted by molar-refractivity contribution is -0.243. The number of rotatable bonds is 18. The van der Waals surface area contributed by atoms with E-state index in [4.69, 9.17) is 15.3 Å². The lowest BCUT2D eigenvalue weighted by atomic mass is 9.39. The van der Waals surface area contributed by atoms with Crippen molar-refractivity contribution in [3.05, 3.63) is 65.0 Å². The standard InChI is InChI=1S/C43H57N9O4S/c1-28-19-35(49-50-37(28)48-39-46-32-11-7-8-12-33(32)57-39)52(6)34-14-13-30(36(47-34)38(54)55)31(20-44)29(2)45-27-42-22-40(3)21-41(4,23-42)25-43(24-40,26-42)56-18-16-51(5)15-9-10-17-53/h7-8,11-14,19-20,44-45,53H,9-10,15-18,21-27H2,1-6H3,(H,54,55)(H,46,48,50)/b31-29+,44-20?. The van der Waals surface area contributed by atoms with Crippen LogP contribution in [0.25, 0.3) is 15.8 Å². The Kier molecular flexibility index (Phi) is 11.4. The zero-order chi connectivity index (χ0) is 40.6. The predicted molar refractivity (Wildman–Crippen MR) is 227 cm³/mol. The van der Waals surface area contributed by atoms with Crippen molar-refractivity contribution in [3.8, 4) is 0 Å². The van der Waals surface area contributed by atoms with E-state index in [0.717, 1.165) is 91.2 Å². The van der Waals surface area contributed by atoms with Crippen molar-refractivity contribution in [1.82, 2.24) is 30.4 Å². The van der Waals surface area contributed by atoms with Crippen molar-refractivity contribution in [2.45, 2.75) is 84.7 Å². The Balaban J connectivity index is 1.06. The molecule has 0 aliphatic heterocycles. The lowest BCUT2D eigenvalue weighted by Gasteiger charge is -2.69. The number of allylic oxidation sites excluding steroid dienone is 2. The zero-order valence-corrected chi connectivity index (χ0v) is 34.9. The number of pyridine rings is 1. The van der Waals surface area contributed by atoms with E-state index in [-0.39, 0.29) is 34.1 Å². The Morgan fingerprint density at radius 2 is 1.74 bits per heavy atom. The van der Waals surface area contributed by atoms with Crippen molar-refractivity contribution < 1.29 is 19.7 Å². The Bertz CT molecular complexity index is 2120. The fourth-order valence-corrected chi connectivity index (χ4v) is 11.8.